The van der Waals surface area contributed by atoms with Gasteiger partial charge in [0, 0.05) is 7.05 Å². The van der Waals surface area contributed by atoms with Crippen molar-refractivity contribution in [1.82, 2.24) is 9.71 Å². The van der Waals surface area contributed by atoms with Crippen LogP contribution < -0.4 is 9.62 Å². The quantitative estimate of drug-likeness (QED) is 0.790. The lowest BCUT2D eigenvalue weighted by atomic mass is 10.3. The Labute approximate surface area is 137 Å². The second-order valence-corrected chi connectivity index (χ2v) is 7.44. The first kappa shape index (κ1) is 15.4. The summed E-state index contributed by atoms with van der Waals surface area (Å²) in [6, 6.07) is 14.4. The van der Waals surface area contributed by atoms with Gasteiger partial charge in [0.15, 0.2) is 5.13 Å². The van der Waals surface area contributed by atoms with Crippen molar-refractivity contribution in [3.8, 4) is 0 Å². The molecule has 3 rings (SSSR count). The van der Waals surface area contributed by atoms with E-state index < -0.39 is 16.1 Å². The zero-order valence-electron chi connectivity index (χ0n) is 12.1. The molecule has 1 heterocycles. The summed E-state index contributed by atoms with van der Waals surface area (Å²) in [4.78, 5) is 17.8. The number of amides is 2. The molecule has 0 saturated heterocycles. The Bertz CT molecular complexity index is 919. The number of rotatable bonds is 3. The predicted molar refractivity (Wildman–Crippen MR) is 90.2 cm³/mol. The van der Waals surface area contributed by atoms with Gasteiger partial charge >= 0.3 is 6.03 Å². The number of hydrogen-bond acceptors (Lipinski definition) is 5. The number of aromatic nitrogens is 1. The maximum absolute atomic E-state index is 12.2. The predicted octanol–water partition coefficient (Wildman–Crippen LogP) is 2.83. The summed E-state index contributed by atoms with van der Waals surface area (Å²) in [6.45, 7) is 0. The van der Waals surface area contributed by atoms with Crippen molar-refractivity contribution in [2.75, 3.05) is 11.9 Å². The molecule has 0 aliphatic rings. The second-order valence-electron chi connectivity index (χ2n) is 4.75. The van der Waals surface area contributed by atoms with Gasteiger partial charge < -0.3 is 0 Å². The molecule has 0 radical (unpaired) electrons. The van der Waals surface area contributed by atoms with Crippen molar-refractivity contribution in [2.45, 2.75) is 4.90 Å². The fraction of sp³-hybridized carbons (Fsp3) is 0.0667. The molecule has 0 aliphatic carbocycles. The van der Waals surface area contributed by atoms with E-state index in [1.54, 1.807) is 18.2 Å². The smallest absolute Gasteiger partial charge is 0.272 e. The number of carbonyl (C=O) groups is 1. The molecule has 2 amide bonds. The zero-order valence-corrected chi connectivity index (χ0v) is 13.8. The van der Waals surface area contributed by atoms with E-state index in [4.69, 9.17) is 0 Å². The van der Waals surface area contributed by atoms with E-state index in [1.165, 1.54) is 35.4 Å². The summed E-state index contributed by atoms with van der Waals surface area (Å²) in [5.41, 5.74) is 0.762. The van der Waals surface area contributed by atoms with Gasteiger partial charge in [-0.15, -0.1) is 0 Å². The molecule has 0 aliphatic heterocycles. The topological polar surface area (TPSA) is 79.4 Å². The molecule has 6 nitrogen and oxygen atoms in total. The average molecular weight is 347 g/mol. The lowest BCUT2D eigenvalue weighted by molar-refractivity contribution is 0.252. The zero-order chi connectivity index (χ0) is 16.4. The standard InChI is InChI=1S/C15H13N3O3S2/c1-18(15-16-12-9-5-6-10-13(12)22-15)14(19)17-23(20,21)11-7-3-2-4-8-11/h2-10H,1H3,(H,17,19). The Hall–Kier alpha value is -2.45. The highest BCUT2D eigenvalue weighted by atomic mass is 32.2. The number of urea groups is 1. The molecule has 0 spiro atoms. The molecule has 0 fully saturated rings. The Morgan fingerprint density at radius 1 is 1.09 bits per heavy atom. The molecule has 0 atom stereocenters. The summed E-state index contributed by atoms with van der Waals surface area (Å²) in [7, 11) is -2.43. The van der Waals surface area contributed by atoms with Crippen LogP contribution in [0, 0.1) is 0 Å². The third-order valence-electron chi connectivity index (χ3n) is 3.15. The van der Waals surface area contributed by atoms with E-state index in [0.717, 1.165) is 10.2 Å². The lowest BCUT2D eigenvalue weighted by Gasteiger charge is -2.14. The van der Waals surface area contributed by atoms with Crippen LogP contribution in [0.3, 0.4) is 0 Å². The minimum Gasteiger partial charge on any atom is -0.272 e. The van der Waals surface area contributed by atoms with Gasteiger partial charge in [-0.25, -0.2) is 22.9 Å². The highest BCUT2D eigenvalue weighted by Gasteiger charge is 2.22. The molecule has 0 bridgehead atoms. The number of thiazole rings is 1. The fourth-order valence-corrected chi connectivity index (χ4v) is 3.86. The van der Waals surface area contributed by atoms with E-state index >= 15 is 0 Å². The Morgan fingerprint density at radius 2 is 1.74 bits per heavy atom. The molecule has 8 heteroatoms. The molecule has 2 aromatic carbocycles. The first-order chi connectivity index (χ1) is 11.0. The van der Waals surface area contributed by atoms with Crippen LogP contribution in [0.1, 0.15) is 0 Å². The van der Waals surface area contributed by atoms with Crippen LogP contribution in [0.15, 0.2) is 59.5 Å². The number of carbonyl (C=O) groups excluding carboxylic acids is 1. The average Bonchev–Trinajstić information content (AvgIpc) is 2.98. The maximum atomic E-state index is 12.2. The van der Waals surface area contributed by atoms with E-state index in [1.807, 2.05) is 29.0 Å². The molecule has 23 heavy (non-hydrogen) atoms. The van der Waals surface area contributed by atoms with E-state index in [2.05, 4.69) is 4.98 Å². The summed E-state index contributed by atoms with van der Waals surface area (Å²) in [6.07, 6.45) is 0. The largest absolute Gasteiger partial charge is 0.337 e. The van der Waals surface area contributed by atoms with Gasteiger partial charge in [0.25, 0.3) is 10.0 Å². The molecule has 0 saturated carbocycles. The van der Waals surface area contributed by atoms with Crippen LogP contribution in [0.4, 0.5) is 9.93 Å². The summed E-state index contributed by atoms with van der Waals surface area (Å²) in [5.74, 6) is 0. The van der Waals surface area contributed by atoms with Crippen molar-refractivity contribution >= 4 is 42.7 Å². The molecular formula is C15H13N3O3S2. The van der Waals surface area contributed by atoms with Gasteiger partial charge in [-0.3, -0.25) is 4.90 Å². The molecule has 118 valence electrons. The number of benzene rings is 2. The van der Waals surface area contributed by atoms with Crippen molar-refractivity contribution in [3.63, 3.8) is 0 Å². The first-order valence-electron chi connectivity index (χ1n) is 6.68. The van der Waals surface area contributed by atoms with Gasteiger partial charge in [0.05, 0.1) is 15.1 Å². The fourth-order valence-electron chi connectivity index (χ4n) is 1.93. The lowest BCUT2D eigenvalue weighted by Crippen LogP contribution is -2.40. The van der Waals surface area contributed by atoms with E-state index in [9.17, 15) is 13.2 Å². The van der Waals surface area contributed by atoms with Crippen LogP contribution in [-0.4, -0.2) is 26.5 Å². The highest BCUT2D eigenvalue weighted by Crippen LogP contribution is 2.27. The monoisotopic (exact) mass is 347 g/mol. The molecular weight excluding hydrogens is 334 g/mol. The van der Waals surface area contributed by atoms with Gasteiger partial charge in [-0.05, 0) is 24.3 Å². The summed E-state index contributed by atoms with van der Waals surface area (Å²) >= 11 is 1.31. The SMILES string of the molecule is CN(C(=O)NS(=O)(=O)c1ccccc1)c1nc2ccccc2s1. The van der Waals surface area contributed by atoms with Crippen LogP contribution in [-0.2, 0) is 10.0 Å². The number of nitrogens with zero attached hydrogens (tertiary/aromatic N) is 2. The first-order valence-corrected chi connectivity index (χ1v) is 8.98. The van der Waals surface area contributed by atoms with Crippen molar-refractivity contribution in [3.05, 3.63) is 54.6 Å². The van der Waals surface area contributed by atoms with Gasteiger partial charge in [-0.2, -0.15) is 0 Å². The second kappa shape index (κ2) is 5.98. The van der Waals surface area contributed by atoms with Gasteiger partial charge in [-0.1, -0.05) is 41.7 Å². The Balaban J connectivity index is 1.82. The normalized spacial score (nSPS) is 11.3. The van der Waals surface area contributed by atoms with Gasteiger partial charge in [0.2, 0.25) is 0 Å². The van der Waals surface area contributed by atoms with E-state index in [0.29, 0.717) is 5.13 Å². The van der Waals surface area contributed by atoms with Crippen LogP contribution in [0.25, 0.3) is 10.2 Å². The third kappa shape index (κ3) is 3.17. The van der Waals surface area contributed by atoms with Gasteiger partial charge in [0.1, 0.15) is 0 Å². The third-order valence-corrected chi connectivity index (χ3v) is 5.60. The number of sulfonamides is 1. The minimum absolute atomic E-state index is 0.0334. The highest BCUT2D eigenvalue weighted by molar-refractivity contribution is 7.90. The molecule has 1 N–H and O–H groups in total. The minimum atomic E-state index is -3.91. The molecule has 0 unspecified atom stereocenters. The number of hydrogen-bond donors (Lipinski definition) is 1. The van der Waals surface area contributed by atoms with Crippen LogP contribution in [0.5, 0.6) is 0 Å². The molecule has 1 aromatic heterocycles. The number of fused-ring (bicyclic) bond motifs is 1. The van der Waals surface area contributed by atoms with Crippen molar-refractivity contribution < 1.29 is 13.2 Å². The van der Waals surface area contributed by atoms with Crippen LogP contribution in [0.2, 0.25) is 0 Å². The van der Waals surface area contributed by atoms with Crippen molar-refractivity contribution in [1.29, 1.82) is 0 Å². The van der Waals surface area contributed by atoms with Crippen molar-refractivity contribution in [2.24, 2.45) is 0 Å². The van der Waals surface area contributed by atoms with E-state index in [-0.39, 0.29) is 4.90 Å². The molecule has 3 aromatic rings. The number of para-hydroxylation sites is 1. The number of nitrogens with one attached hydrogen (secondary N) is 1. The number of anilines is 1. The maximum Gasteiger partial charge on any atom is 0.337 e. The Kier molecular flexibility index (Phi) is 4.01. The summed E-state index contributed by atoms with van der Waals surface area (Å²) in [5, 5.41) is 0.423. The Morgan fingerprint density at radius 3 is 2.43 bits per heavy atom. The summed E-state index contributed by atoms with van der Waals surface area (Å²) < 4.78 is 27.3. The van der Waals surface area contributed by atoms with Crippen LogP contribution >= 0.6 is 11.3 Å².